The smallest absolute Gasteiger partial charge is 0.280 e. The molecule has 1 aliphatic rings. The number of anilines is 1. The minimum Gasteiger partial charge on any atom is -0.492 e. The molecule has 5 heteroatoms. The van der Waals surface area contributed by atoms with E-state index in [0.29, 0.717) is 28.7 Å². The molecule has 0 spiro atoms. The highest BCUT2D eigenvalue weighted by molar-refractivity contribution is 6.33. The van der Waals surface area contributed by atoms with Crippen LogP contribution in [0.4, 0.5) is 5.69 Å². The molecule has 0 radical (unpaired) electrons. The van der Waals surface area contributed by atoms with Gasteiger partial charge in [0.25, 0.3) is 5.91 Å². The average Bonchev–Trinajstić information content (AvgIpc) is 2.90. The van der Waals surface area contributed by atoms with Crippen LogP contribution in [0.3, 0.4) is 0 Å². The third-order valence-electron chi connectivity index (χ3n) is 3.79. The molecule has 0 saturated heterocycles. The van der Waals surface area contributed by atoms with Crippen LogP contribution in [0, 0.1) is 0 Å². The van der Waals surface area contributed by atoms with Gasteiger partial charge in [-0.25, -0.2) is 0 Å². The van der Waals surface area contributed by atoms with E-state index >= 15 is 0 Å². The zero-order valence-electron chi connectivity index (χ0n) is 14.2. The van der Waals surface area contributed by atoms with Crippen molar-refractivity contribution in [2.45, 2.75) is 20.3 Å². The molecule has 0 atom stereocenters. The lowest BCUT2D eigenvalue weighted by molar-refractivity contribution is -0.114. The van der Waals surface area contributed by atoms with Crippen LogP contribution in [0.25, 0.3) is 6.08 Å². The minimum atomic E-state index is -0.147. The van der Waals surface area contributed by atoms with Gasteiger partial charge in [-0.05, 0) is 49.2 Å². The second-order valence-corrected chi connectivity index (χ2v) is 6.14. The van der Waals surface area contributed by atoms with Crippen LogP contribution in [0.1, 0.15) is 25.8 Å². The van der Waals surface area contributed by atoms with Gasteiger partial charge >= 0.3 is 0 Å². The molecule has 0 aromatic heterocycles. The maximum atomic E-state index is 12.7. The monoisotopic (exact) mass is 354 g/mol. The van der Waals surface area contributed by atoms with E-state index in [1.165, 1.54) is 5.01 Å². The van der Waals surface area contributed by atoms with Gasteiger partial charge in [-0.3, -0.25) is 4.79 Å². The molecule has 0 aliphatic carbocycles. The maximum Gasteiger partial charge on any atom is 0.280 e. The van der Waals surface area contributed by atoms with Crippen molar-refractivity contribution in [1.29, 1.82) is 0 Å². The van der Waals surface area contributed by atoms with Gasteiger partial charge in [-0.15, -0.1) is 0 Å². The summed E-state index contributed by atoms with van der Waals surface area (Å²) in [5.74, 6) is 0.505. The van der Waals surface area contributed by atoms with Crippen LogP contribution < -0.4 is 9.75 Å². The van der Waals surface area contributed by atoms with Gasteiger partial charge in [0.2, 0.25) is 0 Å². The molecule has 3 rings (SSSR count). The number of carbonyl (C=O) groups is 1. The first-order chi connectivity index (χ1) is 12.1. The number of para-hydroxylation sites is 1. The van der Waals surface area contributed by atoms with E-state index in [9.17, 15) is 4.79 Å². The van der Waals surface area contributed by atoms with Crippen LogP contribution in [0.15, 0.2) is 59.2 Å². The second-order valence-electron chi connectivity index (χ2n) is 5.73. The molecule has 2 aromatic carbocycles. The molecule has 4 nitrogen and oxygen atoms in total. The topological polar surface area (TPSA) is 41.9 Å². The summed E-state index contributed by atoms with van der Waals surface area (Å²) >= 11 is 6.27. The van der Waals surface area contributed by atoms with Gasteiger partial charge in [-0.1, -0.05) is 42.8 Å². The summed E-state index contributed by atoms with van der Waals surface area (Å²) in [6, 6.07) is 14.9. The third-order valence-corrected chi connectivity index (χ3v) is 4.09. The minimum absolute atomic E-state index is 0.147. The Kier molecular flexibility index (Phi) is 5.19. The number of amides is 1. The normalized spacial score (nSPS) is 15.6. The van der Waals surface area contributed by atoms with Gasteiger partial charge in [0.15, 0.2) is 0 Å². The highest BCUT2D eigenvalue weighted by Gasteiger charge is 2.28. The van der Waals surface area contributed by atoms with Crippen molar-refractivity contribution in [3.63, 3.8) is 0 Å². The Labute approximate surface area is 152 Å². The lowest BCUT2D eigenvalue weighted by Crippen LogP contribution is -2.21. The highest BCUT2D eigenvalue weighted by Crippen LogP contribution is 2.29. The number of hydrazone groups is 1. The Morgan fingerprint density at radius 1 is 1.20 bits per heavy atom. The molecule has 1 heterocycles. The number of hydrogen-bond donors (Lipinski definition) is 0. The van der Waals surface area contributed by atoms with Crippen molar-refractivity contribution >= 4 is 35.0 Å². The predicted molar refractivity (Wildman–Crippen MR) is 102 cm³/mol. The molecule has 0 bridgehead atoms. The number of halogens is 1. The van der Waals surface area contributed by atoms with Crippen LogP contribution in [-0.4, -0.2) is 18.2 Å². The highest BCUT2D eigenvalue weighted by atomic mass is 35.5. The number of benzene rings is 2. The summed E-state index contributed by atoms with van der Waals surface area (Å²) in [6.07, 6.45) is 2.72. The van der Waals surface area contributed by atoms with E-state index in [0.717, 1.165) is 17.7 Å². The van der Waals surface area contributed by atoms with Crippen molar-refractivity contribution < 1.29 is 9.53 Å². The summed E-state index contributed by atoms with van der Waals surface area (Å²) < 4.78 is 5.58. The average molecular weight is 355 g/mol. The van der Waals surface area contributed by atoms with Crippen molar-refractivity contribution in [2.75, 3.05) is 11.6 Å². The fourth-order valence-corrected chi connectivity index (χ4v) is 2.77. The summed E-state index contributed by atoms with van der Waals surface area (Å²) in [5, 5.41) is 6.32. The van der Waals surface area contributed by atoms with Crippen LogP contribution >= 0.6 is 11.6 Å². The zero-order valence-corrected chi connectivity index (χ0v) is 15.0. The van der Waals surface area contributed by atoms with Crippen LogP contribution in [0.5, 0.6) is 5.75 Å². The van der Waals surface area contributed by atoms with E-state index in [2.05, 4.69) is 5.10 Å². The first kappa shape index (κ1) is 17.2. The summed E-state index contributed by atoms with van der Waals surface area (Å²) in [4.78, 5) is 12.7. The van der Waals surface area contributed by atoms with Crippen molar-refractivity contribution in [1.82, 2.24) is 0 Å². The van der Waals surface area contributed by atoms with Crippen molar-refractivity contribution in [3.05, 3.63) is 64.7 Å². The molecule has 1 amide bonds. The van der Waals surface area contributed by atoms with Crippen molar-refractivity contribution in [3.8, 4) is 5.75 Å². The molecular formula is C20H19ClN2O2. The Balaban J connectivity index is 1.86. The second kappa shape index (κ2) is 7.53. The third kappa shape index (κ3) is 3.74. The van der Waals surface area contributed by atoms with Gasteiger partial charge in [0.05, 0.1) is 28.6 Å². The van der Waals surface area contributed by atoms with Crippen molar-refractivity contribution in [2.24, 2.45) is 5.10 Å². The molecule has 0 fully saturated rings. The van der Waals surface area contributed by atoms with Gasteiger partial charge in [0, 0.05) is 0 Å². The Hall–Kier alpha value is -2.59. The number of nitrogens with zero attached hydrogens (tertiary/aromatic N) is 2. The molecule has 0 saturated carbocycles. The Morgan fingerprint density at radius 2 is 1.96 bits per heavy atom. The number of hydrogen-bond acceptors (Lipinski definition) is 3. The Bertz CT molecular complexity index is 844. The lowest BCUT2D eigenvalue weighted by atomic mass is 10.1. The fourth-order valence-electron chi connectivity index (χ4n) is 2.53. The first-order valence-corrected chi connectivity index (χ1v) is 8.57. The van der Waals surface area contributed by atoms with E-state index in [1.54, 1.807) is 12.1 Å². The van der Waals surface area contributed by atoms with E-state index in [-0.39, 0.29) is 5.91 Å². The van der Waals surface area contributed by atoms with Crippen LogP contribution in [0.2, 0.25) is 5.02 Å². The first-order valence-electron chi connectivity index (χ1n) is 8.19. The Morgan fingerprint density at radius 3 is 2.64 bits per heavy atom. The largest absolute Gasteiger partial charge is 0.492 e. The number of ether oxygens (including phenoxy) is 1. The lowest BCUT2D eigenvalue weighted by Gasteiger charge is -2.11. The maximum absolute atomic E-state index is 12.7. The fraction of sp³-hybridized carbons (Fsp3) is 0.200. The summed E-state index contributed by atoms with van der Waals surface area (Å²) in [6.45, 7) is 4.49. The van der Waals surface area contributed by atoms with E-state index in [4.69, 9.17) is 16.3 Å². The van der Waals surface area contributed by atoms with Gasteiger partial charge in [-0.2, -0.15) is 10.1 Å². The molecule has 25 heavy (non-hydrogen) atoms. The zero-order chi connectivity index (χ0) is 17.8. The predicted octanol–water partition coefficient (Wildman–Crippen LogP) is 4.93. The molecule has 1 aliphatic heterocycles. The molecular weight excluding hydrogens is 336 g/mol. The molecule has 2 aromatic rings. The number of carbonyl (C=O) groups excluding carboxylic acids is 1. The molecule has 128 valence electrons. The molecule has 0 unspecified atom stereocenters. The van der Waals surface area contributed by atoms with Gasteiger partial charge in [0.1, 0.15) is 5.75 Å². The van der Waals surface area contributed by atoms with Gasteiger partial charge < -0.3 is 4.74 Å². The van der Waals surface area contributed by atoms with E-state index < -0.39 is 0 Å². The van der Waals surface area contributed by atoms with Crippen LogP contribution in [-0.2, 0) is 4.79 Å². The summed E-state index contributed by atoms with van der Waals surface area (Å²) in [5.41, 5.74) is 2.82. The SMILES string of the molecule is CCCOc1ccc(C=C2C(=O)N(c3ccccc3)N=C2C)cc1Cl. The van der Waals surface area contributed by atoms with E-state index in [1.807, 2.05) is 56.3 Å². The summed E-state index contributed by atoms with van der Waals surface area (Å²) in [7, 11) is 0. The number of rotatable bonds is 5. The molecule has 0 N–H and O–H groups in total. The standard InChI is InChI=1S/C20H19ClN2O2/c1-3-11-25-19-10-9-15(13-18(19)21)12-17-14(2)22-23(20(17)24)16-7-5-4-6-8-16/h4-10,12-13H,3,11H2,1-2H3. The quantitative estimate of drug-likeness (QED) is 0.714.